The molecule has 0 fully saturated rings. The number of rotatable bonds is 15. The highest BCUT2D eigenvalue weighted by molar-refractivity contribution is 7.21. The van der Waals surface area contributed by atoms with Crippen molar-refractivity contribution in [2.45, 2.75) is 90.9 Å². The Kier molecular flexibility index (Phi) is 10.4. The first kappa shape index (κ1) is 26.4. The summed E-state index contributed by atoms with van der Waals surface area (Å²) in [5.74, 6) is 1.75. The third kappa shape index (κ3) is 7.93. The fourth-order valence-corrected chi connectivity index (χ4v) is 5.59. The number of benzene rings is 3. The van der Waals surface area contributed by atoms with E-state index < -0.39 is 0 Å². The average Bonchev–Trinajstić information content (AvgIpc) is 3.33. The molecule has 0 bridgehead atoms. The molecule has 2 nitrogen and oxygen atoms in total. The van der Waals surface area contributed by atoms with Crippen LogP contribution in [0.1, 0.15) is 89.2 Å². The first-order chi connectivity index (χ1) is 17.7. The molecule has 0 unspecified atom stereocenters. The van der Waals surface area contributed by atoms with Crippen LogP contribution in [0.15, 0.2) is 66.7 Å². The number of hydrogen-bond donors (Lipinski definition) is 0. The van der Waals surface area contributed by atoms with Crippen molar-refractivity contribution in [2.24, 2.45) is 0 Å². The van der Waals surface area contributed by atoms with E-state index in [1.807, 2.05) is 12.1 Å². The van der Waals surface area contributed by atoms with Crippen LogP contribution in [0.5, 0.6) is 11.5 Å². The van der Waals surface area contributed by atoms with Gasteiger partial charge in [-0.1, -0.05) is 83.4 Å². The SMILES string of the molecule is CCCCCCCCc1ccc2sc(-c3ccc(Oc4ccc(CCCCCC)cc4)cc3)nc2c1. The van der Waals surface area contributed by atoms with Gasteiger partial charge in [0.15, 0.2) is 0 Å². The highest BCUT2D eigenvalue weighted by atomic mass is 32.1. The minimum atomic E-state index is 0.858. The molecule has 3 aromatic carbocycles. The summed E-state index contributed by atoms with van der Waals surface area (Å²) in [6, 6.07) is 23.7. The summed E-state index contributed by atoms with van der Waals surface area (Å²) < 4.78 is 7.35. The van der Waals surface area contributed by atoms with E-state index in [9.17, 15) is 0 Å². The van der Waals surface area contributed by atoms with Gasteiger partial charge in [0, 0.05) is 5.56 Å². The second kappa shape index (κ2) is 14.2. The van der Waals surface area contributed by atoms with Crippen molar-refractivity contribution in [3.8, 4) is 22.1 Å². The fraction of sp³-hybridized carbons (Fsp3) is 0.424. The molecule has 0 spiro atoms. The smallest absolute Gasteiger partial charge is 0.127 e. The van der Waals surface area contributed by atoms with Crippen LogP contribution in [0, 0.1) is 0 Å². The summed E-state index contributed by atoms with van der Waals surface area (Å²) in [4.78, 5) is 4.95. The summed E-state index contributed by atoms with van der Waals surface area (Å²) in [7, 11) is 0. The Balaban J connectivity index is 1.31. The number of fused-ring (bicyclic) bond motifs is 1. The van der Waals surface area contributed by atoms with Crippen LogP contribution in [0.4, 0.5) is 0 Å². The maximum absolute atomic E-state index is 6.09. The van der Waals surface area contributed by atoms with Gasteiger partial charge in [0.25, 0.3) is 0 Å². The molecular formula is C33H41NOS. The maximum atomic E-state index is 6.09. The van der Waals surface area contributed by atoms with Crippen molar-refractivity contribution in [2.75, 3.05) is 0 Å². The van der Waals surface area contributed by atoms with Crippen LogP contribution in [0.25, 0.3) is 20.8 Å². The van der Waals surface area contributed by atoms with E-state index in [2.05, 4.69) is 68.4 Å². The predicted molar refractivity (Wildman–Crippen MR) is 156 cm³/mol. The molecule has 190 valence electrons. The highest BCUT2D eigenvalue weighted by Crippen LogP contribution is 2.32. The first-order valence-electron chi connectivity index (χ1n) is 14.0. The Morgan fingerprint density at radius 2 is 1.17 bits per heavy atom. The Bertz CT molecular complexity index is 1180. The minimum Gasteiger partial charge on any atom is -0.457 e. The van der Waals surface area contributed by atoms with E-state index in [0.717, 1.165) is 40.4 Å². The molecule has 4 rings (SSSR count). The van der Waals surface area contributed by atoms with Crippen LogP contribution in [0.2, 0.25) is 0 Å². The average molecular weight is 500 g/mol. The summed E-state index contributed by atoms with van der Waals surface area (Å²) >= 11 is 1.77. The molecule has 0 aliphatic heterocycles. The number of thiazole rings is 1. The van der Waals surface area contributed by atoms with Crippen LogP contribution in [-0.4, -0.2) is 4.98 Å². The third-order valence-corrected chi connectivity index (χ3v) is 7.94. The normalized spacial score (nSPS) is 11.3. The molecule has 0 aliphatic rings. The van der Waals surface area contributed by atoms with E-state index in [4.69, 9.17) is 9.72 Å². The van der Waals surface area contributed by atoms with Gasteiger partial charge in [-0.2, -0.15) is 0 Å². The molecule has 0 amide bonds. The summed E-state index contributed by atoms with van der Waals surface area (Å²) in [6.07, 6.45) is 15.5. The van der Waals surface area contributed by atoms with Crippen molar-refractivity contribution in [1.29, 1.82) is 0 Å². The third-order valence-electron chi connectivity index (χ3n) is 6.85. The van der Waals surface area contributed by atoms with Crippen LogP contribution in [0.3, 0.4) is 0 Å². The van der Waals surface area contributed by atoms with Gasteiger partial charge in [-0.3, -0.25) is 0 Å². The number of hydrogen-bond acceptors (Lipinski definition) is 3. The van der Waals surface area contributed by atoms with Crippen LogP contribution < -0.4 is 4.74 Å². The van der Waals surface area contributed by atoms with E-state index in [0.29, 0.717) is 0 Å². The monoisotopic (exact) mass is 499 g/mol. The zero-order valence-electron chi connectivity index (χ0n) is 22.1. The van der Waals surface area contributed by atoms with E-state index >= 15 is 0 Å². The van der Waals surface area contributed by atoms with E-state index in [-0.39, 0.29) is 0 Å². The number of unbranched alkanes of at least 4 members (excludes halogenated alkanes) is 8. The lowest BCUT2D eigenvalue weighted by atomic mass is 10.0. The zero-order chi connectivity index (χ0) is 25.0. The standard InChI is InChI=1S/C33H41NOS/c1-3-5-7-9-10-12-14-27-17-24-32-31(25-27)34-33(36-32)28-18-22-30(23-19-28)35-29-20-15-26(16-21-29)13-11-8-6-4-2/h15-25H,3-14H2,1-2H3. The fourth-order valence-electron chi connectivity index (χ4n) is 4.64. The number of aromatic nitrogens is 1. The predicted octanol–water partition coefficient (Wildman–Crippen LogP) is 10.8. The molecule has 0 saturated heterocycles. The molecule has 0 N–H and O–H groups in total. The summed E-state index contributed by atoms with van der Waals surface area (Å²) in [5.41, 5.74) is 5.06. The quantitative estimate of drug-likeness (QED) is 0.152. The Hall–Kier alpha value is -2.65. The molecule has 4 aromatic rings. The lowest BCUT2D eigenvalue weighted by molar-refractivity contribution is 0.482. The number of aryl methyl sites for hydroxylation is 2. The van der Waals surface area contributed by atoms with Gasteiger partial charge < -0.3 is 4.74 Å². The Labute approximate surface area is 221 Å². The Morgan fingerprint density at radius 3 is 1.86 bits per heavy atom. The molecule has 36 heavy (non-hydrogen) atoms. The van der Waals surface area contributed by atoms with Crippen molar-refractivity contribution >= 4 is 21.6 Å². The van der Waals surface area contributed by atoms with Gasteiger partial charge in [0.2, 0.25) is 0 Å². The zero-order valence-corrected chi connectivity index (χ0v) is 22.9. The molecule has 0 saturated carbocycles. The second-order valence-electron chi connectivity index (χ2n) is 9.92. The van der Waals surface area contributed by atoms with E-state index in [1.54, 1.807) is 11.3 Å². The summed E-state index contributed by atoms with van der Waals surface area (Å²) in [5, 5.41) is 1.07. The van der Waals surface area contributed by atoms with E-state index in [1.165, 1.54) is 80.0 Å². The summed E-state index contributed by atoms with van der Waals surface area (Å²) in [6.45, 7) is 4.53. The minimum absolute atomic E-state index is 0.858. The molecule has 3 heteroatoms. The maximum Gasteiger partial charge on any atom is 0.127 e. The van der Waals surface area contributed by atoms with Crippen molar-refractivity contribution in [3.63, 3.8) is 0 Å². The molecule has 1 aromatic heterocycles. The molecule has 0 aliphatic carbocycles. The van der Waals surface area contributed by atoms with Crippen molar-refractivity contribution in [1.82, 2.24) is 4.98 Å². The topological polar surface area (TPSA) is 22.1 Å². The lowest BCUT2D eigenvalue weighted by Gasteiger charge is -2.07. The van der Waals surface area contributed by atoms with Gasteiger partial charge in [0.1, 0.15) is 16.5 Å². The van der Waals surface area contributed by atoms with Gasteiger partial charge in [-0.15, -0.1) is 11.3 Å². The largest absolute Gasteiger partial charge is 0.457 e. The first-order valence-corrected chi connectivity index (χ1v) is 14.8. The molecule has 0 atom stereocenters. The lowest BCUT2D eigenvalue weighted by Crippen LogP contribution is -1.88. The van der Waals surface area contributed by atoms with Crippen LogP contribution >= 0.6 is 11.3 Å². The van der Waals surface area contributed by atoms with Crippen LogP contribution in [-0.2, 0) is 12.8 Å². The van der Waals surface area contributed by atoms with Gasteiger partial charge in [-0.05, 0) is 85.3 Å². The van der Waals surface area contributed by atoms with Gasteiger partial charge in [-0.25, -0.2) is 4.98 Å². The number of ether oxygens (including phenoxy) is 1. The van der Waals surface area contributed by atoms with Crippen molar-refractivity contribution < 1.29 is 4.74 Å². The molecule has 0 radical (unpaired) electrons. The second-order valence-corrected chi connectivity index (χ2v) is 11.0. The highest BCUT2D eigenvalue weighted by Gasteiger charge is 2.08. The number of nitrogens with zero attached hydrogens (tertiary/aromatic N) is 1. The molecular weight excluding hydrogens is 458 g/mol. The van der Waals surface area contributed by atoms with Gasteiger partial charge in [0.05, 0.1) is 10.2 Å². The Morgan fingerprint density at radius 1 is 0.611 bits per heavy atom. The van der Waals surface area contributed by atoms with Gasteiger partial charge >= 0.3 is 0 Å². The van der Waals surface area contributed by atoms with Crippen molar-refractivity contribution in [3.05, 3.63) is 77.9 Å². The molecule has 1 heterocycles.